The van der Waals surface area contributed by atoms with Gasteiger partial charge >= 0.3 is 5.97 Å². The van der Waals surface area contributed by atoms with Crippen LogP contribution in [0.1, 0.15) is 27.3 Å². The summed E-state index contributed by atoms with van der Waals surface area (Å²) >= 11 is 0. The van der Waals surface area contributed by atoms with E-state index in [9.17, 15) is 9.90 Å². The number of benzene rings is 2. The third-order valence-corrected chi connectivity index (χ3v) is 3.87. The first-order chi connectivity index (χ1) is 11.2. The molecule has 23 heavy (non-hydrogen) atoms. The average molecular weight is 306 g/mol. The smallest absolute Gasteiger partial charge is 0.336 e. The molecule has 116 valence electrons. The van der Waals surface area contributed by atoms with E-state index in [1.54, 1.807) is 18.3 Å². The summed E-state index contributed by atoms with van der Waals surface area (Å²) in [5, 5.41) is 9.29. The molecule has 1 heterocycles. The van der Waals surface area contributed by atoms with Crippen LogP contribution in [0, 0.1) is 0 Å². The summed E-state index contributed by atoms with van der Waals surface area (Å²) in [6.45, 7) is 0.520. The van der Waals surface area contributed by atoms with Gasteiger partial charge in [0.25, 0.3) is 0 Å². The van der Waals surface area contributed by atoms with Crippen molar-refractivity contribution in [2.75, 3.05) is 0 Å². The van der Waals surface area contributed by atoms with Crippen LogP contribution >= 0.6 is 0 Å². The van der Waals surface area contributed by atoms with Crippen LogP contribution in [0.3, 0.4) is 0 Å². The number of carbonyl (C=O) groups is 1. The van der Waals surface area contributed by atoms with Crippen LogP contribution in [-0.2, 0) is 19.4 Å². The molecular weight excluding hydrogens is 288 g/mol. The van der Waals surface area contributed by atoms with E-state index in [4.69, 9.17) is 0 Å². The van der Waals surface area contributed by atoms with Gasteiger partial charge in [0.15, 0.2) is 0 Å². The SMILES string of the molecule is O=C(O)c1ccccc1Cn1ccnc1CCc1ccccc1. The fourth-order valence-corrected chi connectivity index (χ4v) is 2.66. The van der Waals surface area contributed by atoms with Gasteiger partial charge in [-0.05, 0) is 23.6 Å². The summed E-state index contributed by atoms with van der Waals surface area (Å²) in [7, 11) is 0. The molecule has 1 aromatic heterocycles. The van der Waals surface area contributed by atoms with Gasteiger partial charge in [-0.3, -0.25) is 0 Å². The highest BCUT2D eigenvalue weighted by atomic mass is 16.4. The predicted octanol–water partition coefficient (Wildman–Crippen LogP) is 3.41. The van der Waals surface area contributed by atoms with E-state index in [1.807, 2.05) is 41.1 Å². The topological polar surface area (TPSA) is 55.1 Å². The lowest BCUT2D eigenvalue weighted by atomic mass is 10.1. The van der Waals surface area contributed by atoms with Crippen molar-refractivity contribution in [2.45, 2.75) is 19.4 Å². The lowest BCUT2D eigenvalue weighted by molar-refractivity contribution is 0.0695. The summed E-state index contributed by atoms with van der Waals surface area (Å²) in [5.41, 5.74) is 2.40. The highest BCUT2D eigenvalue weighted by Gasteiger charge is 2.11. The number of hydrogen-bond acceptors (Lipinski definition) is 2. The van der Waals surface area contributed by atoms with Crippen molar-refractivity contribution in [1.82, 2.24) is 9.55 Å². The van der Waals surface area contributed by atoms with E-state index in [0.717, 1.165) is 24.2 Å². The van der Waals surface area contributed by atoms with Crippen molar-refractivity contribution in [3.8, 4) is 0 Å². The first-order valence-corrected chi connectivity index (χ1v) is 7.59. The number of carboxylic acids is 1. The second kappa shape index (κ2) is 6.92. The number of hydrogen-bond donors (Lipinski definition) is 1. The monoisotopic (exact) mass is 306 g/mol. The molecule has 4 nitrogen and oxygen atoms in total. The van der Waals surface area contributed by atoms with Gasteiger partial charge in [0.2, 0.25) is 0 Å². The Bertz CT molecular complexity index is 794. The van der Waals surface area contributed by atoms with Gasteiger partial charge < -0.3 is 9.67 Å². The Kier molecular flexibility index (Phi) is 4.52. The number of nitrogens with zero attached hydrogens (tertiary/aromatic N) is 2. The fraction of sp³-hybridized carbons (Fsp3) is 0.158. The van der Waals surface area contributed by atoms with E-state index < -0.39 is 5.97 Å². The third kappa shape index (κ3) is 3.66. The largest absolute Gasteiger partial charge is 0.478 e. The number of aromatic nitrogens is 2. The van der Waals surface area contributed by atoms with Crippen molar-refractivity contribution >= 4 is 5.97 Å². The Labute approximate surface area is 135 Å². The van der Waals surface area contributed by atoms with Gasteiger partial charge in [-0.1, -0.05) is 48.5 Å². The molecule has 0 spiro atoms. The number of rotatable bonds is 6. The summed E-state index contributed by atoms with van der Waals surface area (Å²) in [4.78, 5) is 15.7. The summed E-state index contributed by atoms with van der Waals surface area (Å²) in [5.74, 6) is 0.0700. The van der Waals surface area contributed by atoms with E-state index in [2.05, 4.69) is 17.1 Å². The Morgan fingerprint density at radius 1 is 1.00 bits per heavy atom. The molecule has 0 aliphatic heterocycles. The molecule has 0 saturated carbocycles. The molecule has 1 N–H and O–H groups in total. The highest BCUT2D eigenvalue weighted by molar-refractivity contribution is 5.89. The predicted molar refractivity (Wildman–Crippen MR) is 88.6 cm³/mol. The summed E-state index contributed by atoms with van der Waals surface area (Å²) in [6.07, 6.45) is 5.41. The molecule has 2 aromatic carbocycles. The average Bonchev–Trinajstić information content (AvgIpc) is 3.01. The van der Waals surface area contributed by atoms with Gasteiger partial charge in [0, 0.05) is 25.4 Å². The van der Waals surface area contributed by atoms with Crippen LogP contribution in [0.5, 0.6) is 0 Å². The lowest BCUT2D eigenvalue weighted by Gasteiger charge is -2.10. The van der Waals surface area contributed by atoms with Crippen molar-refractivity contribution in [3.05, 3.63) is 89.5 Å². The minimum atomic E-state index is -0.897. The number of aryl methyl sites for hydroxylation is 2. The van der Waals surface area contributed by atoms with Crippen molar-refractivity contribution < 1.29 is 9.90 Å². The Morgan fingerprint density at radius 2 is 1.74 bits per heavy atom. The molecule has 0 bridgehead atoms. The molecule has 0 saturated heterocycles. The van der Waals surface area contributed by atoms with Gasteiger partial charge in [-0.25, -0.2) is 9.78 Å². The maximum absolute atomic E-state index is 11.3. The molecule has 0 fully saturated rings. The van der Waals surface area contributed by atoms with Gasteiger partial charge in [-0.15, -0.1) is 0 Å². The molecular formula is C19H18N2O2. The van der Waals surface area contributed by atoms with E-state index in [0.29, 0.717) is 12.1 Å². The molecule has 4 heteroatoms. The number of carboxylic acid groups (broad SMARTS) is 1. The first-order valence-electron chi connectivity index (χ1n) is 7.59. The molecule has 3 aromatic rings. The van der Waals surface area contributed by atoms with Crippen LogP contribution < -0.4 is 0 Å². The van der Waals surface area contributed by atoms with Crippen molar-refractivity contribution in [2.24, 2.45) is 0 Å². The Hall–Kier alpha value is -2.88. The Balaban J connectivity index is 1.75. The van der Waals surface area contributed by atoms with Crippen molar-refractivity contribution in [3.63, 3.8) is 0 Å². The van der Waals surface area contributed by atoms with E-state index >= 15 is 0 Å². The maximum atomic E-state index is 11.3. The van der Waals surface area contributed by atoms with Gasteiger partial charge in [0.05, 0.1) is 5.56 Å². The second-order valence-corrected chi connectivity index (χ2v) is 5.42. The molecule has 3 rings (SSSR count). The van der Waals surface area contributed by atoms with Crippen LogP contribution in [0.4, 0.5) is 0 Å². The summed E-state index contributed by atoms with van der Waals surface area (Å²) in [6, 6.07) is 17.4. The number of aromatic carboxylic acids is 1. The van der Waals surface area contributed by atoms with Crippen LogP contribution in [0.2, 0.25) is 0 Å². The molecule has 0 aliphatic carbocycles. The Morgan fingerprint density at radius 3 is 2.52 bits per heavy atom. The molecule has 0 radical (unpaired) electrons. The van der Waals surface area contributed by atoms with Gasteiger partial charge in [-0.2, -0.15) is 0 Å². The number of imidazole rings is 1. The molecule has 0 unspecified atom stereocenters. The van der Waals surface area contributed by atoms with Crippen molar-refractivity contribution in [1.29, 1.82) is 0 Å². The van der Waals surface area contributed by atoms with Gasteiger partial charge in [0.1, 0.15) is 5.82 Å². The molecule has 0 atom stereocenters. The minimum Gasteiger partial charge on any atom is -0.478 e. The zero-order chi connectivity index (χ0) is 16.1. The molecule has 0 aliphatic rings. The quantitative estimate of drug-likeness (QED) is 0.759. The zero-order valence-electron chi connectivity index (χ0n) is 12.7. The fourth-order valence-electron chi connectivity index (χ4n) is 2.66. The van der Waals surface area contributed by atoms with Crippen LogP contribution in [0.25, 0.3) is 0 Å². The van der Waals surface area contributed by atoms with E-state index in [-0.39, 0.29) is 0 Å². The second-order valence-electron chi connectivity index (χ2n) is 5.42. The minimum absolute atomic E-state index is 0.343. The van der Waals surface area contributed by atoms with Crippen LogP contribution in [-0.4, -0.2) is 20.6 Å². The van der Waals surface area contributed by atoms with E-state index in [1.165, 1.54) is 5.56 Å². The third-order valence-electron chi connectivity index (χ3n) is 3.87. The normalized spacial score (nSPS) is 10.6. The van der Waals surface area contributed by atoms with Crippen LogP contribution in [0.15, 0.2) is 67.0 Å². The maximum Gasteiger partial charge on any atom is 0.336 e. The standard InChI is InChI=1S/C19H18N2O2/c22-19(23)17-9-5-4-8-16(17)14-21-13-12-20-18(21)11-10-15-6-2-1-3-7-15/h1-9,12-13H,10-11,14H2,(H,22,23). The highest BCUT2D eigenvalue weighted by Crippen LogP contribution is 2.13. The summed E-state index contributed by atoms with van der Waals surface area (Å²) < 4.78 is 2.02. The lowest BCUT2D eigenvalue weighted by Crippen LogP contribution is -2.09. The zero-order valence-corrected chi connectivity index (χ0v) is 12.7. The first kappa shape index (κ1) is 15.0. The molecule has 0 amide bonds.